The number of carbonyl (C=O) groups is 1. The number of hydrogen-bond donors (Lipinski definition) is 1. The minimum atomic E-state index is -0.722. The van der Waals surface area contributed by atoms with Crippen molar-refractivity contribution in [2.45, 2.75) is 26.1 Å². The Balaban J connectivity index is 2.08. The Morgan fingerprint density at radius 3 is 3.24 bits per heavy atom. The average molecular weight is 255 g/mol. The number of aliphatic carboxylic acids is 1. The van der Waals surface area contributed by atoms with Gasteiger partial charge in [-0.2, -0.15) is 11.8 Å². The van der Waals surface area contributed by atoms with Crippen LogP contribution >= 0.6 is 11.8 Å². The number of rotatable bonds is 4. The number of aromatic nitrogens is 2. The number of aryl methyl sites for hydroxylation is 1. The highest BCUT2D eigenvalue weighted by atomic mass is 32.2. The molecule has 0 bridgehead atoms. The van der Waals surface area contributed by atoms with E-state index in [1.807, 2.05) is 11.1 Å². The fraction of sp³-hybridized carbons (Fsp3) is 0.636. The van der Waals surface area contributed by atoms with Gasteiger partial charge in [0.25, 0.3) is 0 Å². The van der Waals surface area contributed by atoms with E-state index in [2.05, 4.69) is 16.5 Å². The molecule has 0 aromatic carbocycles. The summed E-state index contributed by atoms with van der Waals surface area (Å²) in [7, 11) is 0. The predicted octanol–water partition coefficient (Wildman–Crippen LogP) is 0.905. The molecule has 2 heterocycles. The summed E-state index contributed by atoms with van der Waals surface area (Å²) < 4.78 is 2.06. The van der Waals surface area contributed by atoms with Gasteiger partial charge in [0, 0.05) is 37.3 Å². The van der Waals surface area contributed by atoms with Crippen molar-refractivity contribution in [2.24, 2.45) is 0 Å². The summed E-state index contributed by atoms with van der Waals surface area (Å²) in [6, 6.07) is -0.367. The van der Waals surface area contributed by atoms with E-state index in [9.17, 15) is 9.90 Å². The maximum atomic E-state index is 11.2. The van der Waals surface area contributed by atoms with Crippen molar-refractivity contribution in [3.8, 4) is 0 Å². The minimum absolute atomic E-state index is 0.367. The molecule has 0 spiro atoms. The van der Waals surface area contributed by atoms with Crippen LogP contribution in [0, 0.1) is 0 Å². The Labute approximate surface area is 105 Å². The molecule has 17 heavy (non-hydrogen) atoms. The second-order valence-electron chi connectivity index (χ2n) is 4.07. The largest absolute Gasteiger partial charge is 0.480 e. The predicted molar refractivity (Wildman–Crippen MR) is 67.1 cm³/mol. The number of imidazole rings is 1. The van der Waals surface area contributed by atoms with Crippen LogP contribution in [0.3, 0.4) is 0 Å². The van der Waals surface area contributed by atoms with Crippen LogP contribution in [-0.2, 0) is 17.9 Å². The van der Waals surface area contributed by atoms with Crippen molar-refractivity contribution >= 4 is 17.7 Å². The number of nitrogens with zero attached hydrogens (tertiary/aromatic N) is 3. The molecule has 1 aliphatic heterocycles. The third kappa shape index (κ3) is 2.81. The van der Waals surface area contributed by atoms with E-state index in [0.29, 0.717) is 12.3 Å². The number of thioether (sulfide) groups is 1. The molecule has 2 rings (SSSR count). The van der Waals surface area contributed by atoms with Gasteiger partial charge in [-0.25, -0.2) is 4.98 Å². The highest BCUT2D eigenvalue weighted by Gasteiger charge is 2.29. The fourth-order valence-corrected chi connectivity index (χ4v) is 3.13. The van der Waals surface area contributed by atoms with Gasteiger partial charge in [-0.05, 0) is 6.92 Å². The second kappa shape index (κ2) is 5.55. The summed E-state index contributed by atoms with van der Waals surface area (Å²) in [5.41, 5.74) is 1.09. The molecule has 94 valence electrons. The quantitative estimate of drug-likeness (QED) is 0.866. The SMILES string of the molecule is CCn1cncc1CN1CCSCC1C(=O)O. The van der Waals surface area contributed by atoms with E-state index in [4.69, 9.17) is 0 Å². The lowest BCUT2D eigenvalue weighted by atomic mass is 10.2. The molecule has 1 N–H and O–H groups in total. The molecule has 1 atom stereocenters. The van der Waals surface area contributed by atoms with Gasteiger partial charge < -0.3 is 9.67 Å². The normalized spacial score (nSPS) is 21.6. The summed E-state index contributed by atoms with van der Waals surface area (Å²) in [6.45, 7) is 4.43. The molecule has 1 aromatic rings. The Morgan fingerprint density at radius 2 is 2.53 bits per heavy atom. The zero-order valence-corrected chi connectivity index (χ0v) is 10.7. The molecule has 0 aliphatic carbocycles. The van der Waals surface area contributed by atoms with Gasteiger partial charge >= 0.3 is 5.97 Å². The monoisotopic (exact) mass is 255 g/mol. The van der Waals surface area contributed by atoms with E-state index in [1.165, 1.54) is 0 Å². The maximum Gasteiger partial charge on any atom is 0.321 e. The second-order valence-corrected chi connectivity index (χ2v) is 5.22. The summed E-state index contributed by atoms with van der Waals surface area (Å²) in [4.78, 5) is 17.3. The van der Waals surface area contributed by atoms with Crippen molar-refractivity contribution in [3.05, 3.63) is 18.2 Å². The standard InChI is InChI=1S/C11H17N3O2S/c1-2-13-8-12-5-9(13)6-14-3-4-17-7-10(14)11(15)16/h5,8,10H,2-4,6-7H2,1H3,(H,15,16). The Kier molecular flexibility index (Phi) is 4.06. The number of carboxylic acids is 1. The first kappa shape index (κ1) is 12.4. The third-order valence-electron chi connectivity index (χ3n) is 3.03. The number of hydrogen-bond acceptors (Lipinski definition) is 4. The first-order valence-electron chi connectivity index (χ1n) is 5.76. The van der Waals surface area contributed by atoms with Crippen LogP contribution in [0.15, 0.2) is 12.5 Å². The highest BCUT2D eigenvalue weighted by Crippen LogP contribution is 2.19. The zero-order chi connectivity index (χ0) is 12.3. The number of carboxylic acid groups (broad SMARTS) is 1. The first-order chi connectivity index (χ1) is 8.22. The molecule has 6 heteroatoms. The summed E-state index contributed by atoms with van der Waals surface area (Å²) in [5.74, 6) is 0.958. The van der Waals surface area contributed by atoms with Crippen molar-refractivity contribution in [1.29, 1.82) is 0 Å². The zero-order valence-electron chi connectivity index (χ0n) is 9.87. The Hall–Kier alpha value is -1.01. The van der Waals surface area contributed by atoms with Crippen LogP contribution in [0.5, 0.6) is 0 Å². The Morgan fingerprint density at radius 1 is 1.71 bits per heavy atom. The Bertz CT molecular complexity index is 394. The molecule has 1 fully saturated rings. The van der Waals surface area contributed by atoms with Gasteiger partial charge in [-0.1, -0.05) is 0 Å². The molecular formula is C11H17N3O2S. The lowest BCUT2D eigenvalue weighted by Crippen LogP contribution is -2.46. The molecule has 1 aromatic heterocycles. The highest BCUT2D eigenvalue weighted by molar-refractivity contribution is 7.99. The summed E-state index contributed by atoms with van der Waals surface area (Å²) in [5, 5.41) is 9.19. The van der Waals surface area contributed by atoms with Crippen molar-refractivity contribution in [2.75, 3.05) is 18.1 Å². The lowest BCUT2D eigenvalue weighted by molar-refractivity contribution is -0.142. The molecule has 1 aliphatic rings. The van der Waals surface area contributed by atoms with Crippen LogP contribution < -0.4 is 0 Å². The van der Waals surface area contributed by atoms with E-state index in [-0.39, 0.29) is 6.04 Å². The minimum Gasteiger partial charge on any atom is -0.480 e. The third-order valence-corrected chi connectivity index (χ3v) is 4.05. The van der Waals surface area contributed by atoms with Gasteiger partial charge in [0.1, 0.15) is 6.04 Å². The molecule has 0 radical (unpaired) electrons. The van der Waals surface area contributed by atoms with Crippen molar-refractivity contribution in [3.63, 3.8) is 0 Å². The van der Waals surface area contributed by atoms with Gasteiger partial charge in [0.2, 0.25) is 0 Å². The van der Waals surface area contributed by atoms with E-state index in [1.54, 1.807) is 18.1 Å². The van der Waals surface area contributed by atoms with Crippen LogP contribution in [0.1, 0.15) is 12.6 Å². The fourth-order valence-electron chi connectivity index (χ4n) is 2.03. The van der Waals surface area contributed by atoms with Gasteiger partial charge in [-0.3, -0.25) is 9.69 Å². The van der Waals surface area contributed by atoms with Gasteiger partial charge in [0.15, 0.2) is 0 Å². The molecule has 1 unspecified atom stereocenters. The lowest BCUT2D eigenvalue weighted by Gasteiger charge is -2.32. The van der Waals surface area contributed by atoms with Crippen molar-refractivity contribution < 1.29 is 9.90 Å². The van der Waals surface area contributed by atoms with Gasteiger partial charge in [0.05, 0.1) is 12.0 Å². The van der Waals surface area contributed by atoms with Crippen LogP contribution in [-0.4, -0.2) is 49.6 Å². The average Bonchev–Trinajstić information content (AvgIpc) is 2.77. The van der Waals surface area contributed by atoms with E-state index >= 15 is 0 Å². The van der Waals surface area contributed by atoms with Gasteiger partial charge in [-0.15, -0.1) is 0 Å². The van der Waals surface area contributed by atoms with Crippen LogP contribution in [0.2, 0.25) is 0 Å². The van der Waals surface area contributed by atoms with E-state index < -0.39 is 5.97 Å². The first-order valence-corrected chi connectivity index (χ1v) is 6.91. The molecule has 1 saturated heterocycles. The molecular weight excluding hydrogens is 238 g/mol. The molecule has 0 amide bonds. The van der Waals surface area contributed by atoms with Crippen molar-refractivity contribution in [1.82, 2.24) is 14.5 Å². The van der Waals surface area contributed by atoms with E-state index in [0.717, 1.165) is 24.5 Å². The smallest absolute Gasteiger partial charge is 0.321 e. The topological polar surface area (TPSA) is 58.4 Å². The van der Waals surface area contributed by atoms with Crippen LogP contribution in [0.4, 0.5) is 0 Å². The van der Waals surface area contributed by atoms with Crippen LogP contribution in [0.25, 0.3) is 0 Å². The molecule has 5 nitrogen and oxygen atoms in total. The maximum absolute atomic E-state index is 11.2. The molecule has 0 saturated carbocycles. The summed E-state index contributed by atoms with van der Waals surface area (Å²) >= 11 is 1.71. The summed E-state index contributed by atoms with van der Waals surface area (Å²) in [6.07, 6.45) is 3.62.